The number of fused-ring (bicyclic) bond motifs is 1. The van der Waals surface area contributed by atoms with Gasteiger partial charge in [0, 0.05) is 17.1 Å². The molecule has 1 aliphatic heterocycles. The van der Waals surface area contributed by atoms with Crippen LogP contribution in [0, 0.1) is 0 Å². The summed E-state index contributed by atoms with van der Waals surface area (Å²) >= 11 is 7.51. The molecule has 1 aliphatic rings. The topological polar surface area (TPSA) is 61.4 Å². The lowest BCUT2D eigenvalue weighted by atomic mass is 9.99. The molecule has 2 N–H and O–H groups in total. The van der Waals surface area contributed by atoms with Crippen LogP contribution in [-0.2, 0) is 12.6 Å². The van der Waals surface area contributed by atoms with Crippen LogP contribution in [0.3, 0.4) is 0 Å². The predicted molar refractivity (Wildman–Crippen MR) is 108 cm³/mol. The first kappa shape index (κ1) is 21.3. The molecule has 0 saturated heterocycles. The van der Waals surface area contributed by atoms with Crippen LogP contribution >= 0.6 is 23.4 Å². The van der Waals surface area contributed by atoms with E-state index in [1.165, 1.54) is 17.8 Å². The molecule has 29 heavy (non-hydrogen) atoms. The Morgan fingerprint density at radius 2 is 1.93 bits per heavy atom. The minimum atomic E-state index is -4.52. The van der Waals surface area contributed by atoms with Crippen LogP contribution in [0.25, 0.3) is 0 Å². The summed E-state index contributed by atoms with van der Waals surface area (Å²) in [7, 11) is 0. The van der Waals surface area contributed by atoms with E-state index in [1.807, 2.05) is 6.26 Å². The van der Waals surface area contributed by atoms with Gasteiger partial charge in [-0.05, 0) is 55.0 Å². The summed E-state index contributed by atoms with van der Waals surface area (Å²) in [5, 5.41) is 4.94. The number of imide groups is 1. The van der Waals surface area contributed by atoms with Gasteiger partial charge in [-0.3, -0.25) is 10.2 Å². The van der Waals surface area contributed by atoms with E-state index in [4.69, 9.17) is 11.6 Å². The highest BCUT2D eigenvalue weighted by atomic mass is 35.5. The van der Waals surface area contributed by atoms with E-state index in [9.17, 15) is 22.8 Å². The molecule has 10 heteroatoms. The van der Waals surface area contributed by atoms with E-state index in [-0.39, 0.29) is 12.2 Å². The Hall–Kier alpha value is -2.39. The zero-order valence-corrected chi connectivity index (χ0v) is 16.8. The van der Waals surface area contributed by atoms with Gasteiger partial charge in [0.1, 0.15) is 0 Å². The summed E-state index contributed by atoms with van der Waals surface area (Å²) < 4.78 is 39.1. The molecule has 0 fully saturated rings. The van der Waals surface area contributed by atoms with Crippen molar-refractivity contribution in [1.82, 2.24) is 5.32 Å². The van der Waals surface area contributed by atoms with Gasteiger partial charge in [0.15, 0.2) is 0 Å². The molecule has 0 unspecified atom stereocenters. The molecule has 0 bridgehead atoms. The first-order chi connectivity index (χ1) is 13.7. The van der Waals surface area contributed by atoms with Gasteiger partial charge in [0.25, 0.3) is 0 Å². The van der Waals surface area contributed by atoms with Crippen molar-refractivity contribution < 1.29 is 22.8 Å². The highest BCUT2D eigenvalue weighted by molar-refractivity contribution is 7.98. The van der Waals surface area contributed by atoms with E-state index in [1.54, 1.807) is 18.2 Å². The second kappa shape index (κ2) is 8.54. The number of aryl methyl sites for hydroxylation is 1. The number of benzene rings is 2. The molecule has 4 amide bonds. The molecule has 0 saturated carbocycles. The number of carbonyl (C=O) groups is 2. The van der Waals surface area contributed by atoms with Gasteiger partial charge in [0.2, 0.25) is 0 Å². The maximum atomic E-state index is 13.0. The van der Waals surface area contributed by atoms with Gasteiger partial charge in [0.05, 0.1) is 16.3 Å². The van der Waals surface area contributed by atoms with Gasteiger partial charge in [-0.25, -0.2) is 9.59 Å². The normalized spacial score (nSPS) is 13.6. The van der Waals surface area contributed by atoms with Gasteiger partial charge in [-0.15, -0.1) is 11.8 Å². The minimum Gasteiger partial charge on any atom is -0.306 e. The third-order valence-corrected chi connectivity index (χ3v) is 5.47. The Labute approximate surface area is 174 Å². The second-order valence-electron chi connectivity index (χ2n) is 6.33. The number of urea groups is 2. The molecular weight excluding hydrogens is 427 g/mol. The zero-order chi connectivity index (χ0) is 21.2. The van der Waals surface area contributed by atoms with Crippen molar-refractivity contribution in [2.75, 3.05) is 23.0 Å². The summed E-state index contributed by atoms with van der Waals surface area (Å²) in [6.45, 7) is 0.205. The molecule has 2 aromatic carbocycles. The molecule has 0 aromatic heterocycles. The van der Waals surface area contributed by atoms with Crippen LogP contribution in [0.1, 0.15) is 17.5 Å². The summed E-state index contributed by atoms with van der Waals surface area (Å²) in [4.78, 5) is 26.8. The lowest BCUT2D eigenvalue weighted by Gasteiger charge is -2.30. The smallest absolute Gasteiger partial charge is 0.306 e. The molecule has 1 heterocycles. The van der Waals surface area contributed by atoms with Crippen molar-refractivity contribution in [3.05, 3.63) is 52.5 Å². The average Bonchev–Trinajstić information content (AvgIpc) is 2.68. The van der Waals surface area contributed by atoms with E-state index in [0.29, 0.717) is 29.1 Å². The highest BCUT2D eigenvalue weighted by Gasteiger charge is 2.33. The number of nitrogens with zero attached hydrogens (tertiary/aromatic N) is 1. The number of hydrogen-bond donors (Lipinski definition) is 2. The molecule has 0 aliphatic carbocycles. The number of hydrogen-bond acceptors (Lipinski definition) is 3. The number of rotatable bonds is 2. The number of nitrogens with one attached hydrogen (secondary N) is 2. The van der Waals surface area contributed by atoms with E-state index < -0.39 is 23.8 Å². The number of anilines is 2. The average molecular weight is 444 g/mol. The summed E-state index contributed by atoms with van der Waals surface area (Å²) in [6.07, 6.45) is -1.53. The third-order valence-electron chi connectivity index (χ3n) is 4.42. The van der Waals surface area contributed by atoms with Crippen molar-refractivity contribution in [1.29, 1.82) is 0 Å². The summed E-state index contributed by atoms with van der Waals surface area (Å²) in [5.41, 5.74) is 0.248. The Balaban J connectivity index is 1.76. The summed E-state index contributed by atoms with van der Waals surface area (Å²) in [5.74, 6) is 0. The molecule has 0 radical (unpaired) electrons. The zero-order valence-electron chi connectivity index (χ0n) is 15.3. The van der Waals surface area contributed by atoms with Gasteiger partial charge in [-0.1, -0.05) is 17.7 Å². The fourth-order valence-corrected chi connectivity index (χ4v) is 3.61. The van der Waals surface area contributed by atoms with Crippen molar-refractivity contribution in [3.63, 3.8) is 0 Å². The number of thioether (sulfide) groups is 1. The van der Waals surface area contributed by atoms with Crippen LogP contribution in [-0.4, -0.2) is 24.9 Å². The van der Waals surface area contributed by atoms with Crippen molar-refractivity contribution in [2.45, 2.75) is 23.9 Å². The molecule has 2 aromatic rings. The lowest BCUT2D eigenvalue weighted by molar-refractivity contribution is -0.137. The molecule has 0 spiro atoms. The molecule has 5 nitrogen and oxygen atoms in total. The number of carbonyl (C=O) groups excluding carboxylic acids is 2. The van der Waals surface area contributed by atoms with Crippen LogP contribution in [0.4, 0.5) is 34.1 Å². The lowest BCUT2D eigenvalue weighted by Crippen LogP contribution is -2.46. The molecule has 0 atom stereocenters. The Morgan fingerprint density at radius 1 is 1.17 bits per heavy atom. The van der Waals surface area contributed by atoms with Crippen molar-refractivity contribution >= 4 is 46.8 Å². The maximum Gasteiger partial charge on any atom is 0.416 e. The summed E-state index contributed by atoms with van der Waals surface area (Å²) in [6, 6.07) is 6.72. The number of alkyl halides is 3. The molecule has 154 valence electrons. The minimum absolute atomic E-state index is 0.152. The Morgan fingerprint density at radius 3 is 2.62 bits per heavy atom. The third kappa shape index (κ3) is 4.97. The quantitative estimate of drug-likeness (QED) is 0.579. The van der Waals surface area contributed by atoms with Crippen molar-refractivity contribution in [3.8, 4) is 0 Å². The van der Waals surface area contributed by atoms with Crippen LogP contribution in [0.2, 0.25) is 5.02 Å². The van der Waals surface area contributed by atoms with E-state index >= 15 is 0 Å². The Bertz CT molecular complexity index is 953. The fourth-order valence-electron chi connectivity index (χ4n) is 3.01. The van der Waals surface area contributed by atoms with Crippen LogP contribution < -0.4 is 15.5 Å². The Kier molecular flexibility index (Phi) is 6.28. The van der Waals surface area contributed by atoms with Crippen molar-refractivity contribution in [2.24, 2.45) is 0 Å². The van der Waals surface area contributed by atoms with Gasteiger partial charge < -0.3 is 5.32 Å². The SMILES string of the molecule is CSc1ccc(Cl)c(NC(=O)NC(=O)N2CCCc3ccc(C(F)(F)F)cc32)c1. The monoisotopic (exact) mass is 443 g/mol. The largest absolute Gasteiger partial charge is 0.416 e. The fraction of sp³-hybridized carbons (Fsp3) is 0.263. The molecule has 3 rings (SSSR count). The van der Waals surface area contributed by atoms with E-state index in [0.717, 1.165) is 21.9 Å². The predicted octanol–water partition coefficient (Wildman–Crippen LogP) is 5.78. The standard InChI is InChI=1S/C19H17ClF3N3O2S/c1-29-13-6-7-14(20)15(10-13)24-17(27)25-18(28)26-8-2-3-11-4-5-12(9-16(11)26)19(21,22)23/h4-7,9-10H,2-3,8H2,1H3,(H2,24,25,27,28). The number of halogens is 4. The first-order valence-corrected chi connectivity index (χ1v) is 10.2. The van der Waals surface area contributed by atoms with Gasteiger partial charge in [-0.2, -0.15) is 13.2 Å². The first-order valence-electron chi connectivity index (χ1n) is 8.62. The molecular formula is C19H17ClF3N3O2S. The second-order valence-corrected chi connectivity index (χ2v) is 7.61. The number of amides is 4. The van der Waals surface area contributed by atoms with Crippen LogP contribution in [0.15, 0.2) is 41.3 Å². The van der Waals surface area contributed by atoms with Gasteiger partial charge >= 0.3 is 18.2 Å². The van der Waals surface area contributed by atoms with Crippen LogP contribution in [0.5, 0.6) is 0 Å². The maximum absolute atomic E-state index is 13.0. The van der Waals surface area contributed by atoms with E-state index in [2.05, 4.69) is 10.6 Å². The highest BCUT2D eigenvalue weighted by Crippen LogP contribution is 2.35.